The Morgan fingerprint density at radius 2 is 1.00 bits per heavy atom. The fraction of sp³-hybridized carbons (Fsp3) is 0.833. The van der Waals surface area contributed by atoms with Gasteiger partial charge in [0.1, 0.15) is 0 Å². The van der Waals surface area contributed by atoms with E-state index in [1.807, 2.05) is 0 Å². The number of nitrogens with two attached hydrogens (primary N) is 2. The number of alkyl halides is 11. The Hall–Kier alpha value is -1.50. The van der Waals surface area contributed by atoms with E-state index in [2.05, 4.69) is 11.6 Å². The van der Waals surface area contributed by atoms with Gasteiger partial charge < -0.3 is 11.6 Å². The van der Waals surface area contributed by atoms with Crippen LogP contribution in [-0.2, 0) is 0 Å². The van der Waals surface area contributed by atoms with Gasteiger partial charge in [-0.1, -0.05) is 0 Å². The lowest BCUT2D eigenvalue weighted by Gasteiger charge is -2.36. The molecule has 0 aliphatic carbocycles. The van der Waals surface area contributed by atoms with Gasteiger partial charge in [0.25, 0.3) is 0 Å². The quantitative estimate of drug-likeness (QED) is 0.274. The molecule has 0 fully saturated rings. The highest BCUT2D eigenvalue weighted by atomic mass is 19.4. The first-order valence-electron chi connectivity index (χ1n) is 4.10. The molecule has 14 heteroatoms. The molecule has 0 amide bonds. The maximum atomic E-state index is 12.7. The summed E-state index contributed by atoms with van der Waals surface area (Å²) in [5.74, 6) is -27.3. The molecule has 0 saturated heterocycles. The van der Waals surface area contributed by atoms with Crippen LogP contribution in [0.25, 0.3) is 0 Å². The summed E-state index contributed by atoms with van der Waals surface area (Å²) in [6.07, 6.45) is -7.22. The van der Waals surface area contributed by atoms with Crippen molar-refractivity contribution in [1.29, 1.82) is 0 Å². The first-order chi connectivity index (χ1) is 8.48. The largest absolute Gasteiger partial charge is 0.460 e. The van der Waals surface area contributed by atoms with Crippen molar-refractivity contribution in [2.75, 3.05) is 0 Å². The van der Waals surface area contributed by atoms with E-state index in [1.54, 1.807) is 5.10 Å². The minimum Gasteiger partial charge on any atom is -0.380 e. The molecular formula is C6H4F11N3. The lowest BCUT2D eigenvalue weighted by Crippen LogP contribution is -2.69. The van der Waals surface area contributed by atoms with Crippen molar-refractivity contribution in [1.82, 2.24) is 0 Å². The molecule has 0 radical (unpaired) electrons. The molecule has 20 heavy (non-hydrogen) atoms. The molecular weight excluding hydrogens is 323 g/mol. The standard InChI is InChI=1S/C6H4F11N3/c7-2(8,1(18)20-19)3(9,10)4(11,12)5(13,14)6(15,16)17/h19H2,(H2,18,20). The third-order valence-corrected chi connectivity index (χ3v) is 2.00. The molecule has 0 unspecified atom stereocenters. The molecule has 0 aliphatic heterocycles. The van der Waals surface area contributed by atoms with Crippen molar-refractivity contribution in [3.05, 3.63) is 0 Å². The maximum Gasteiger partial charge on any atom is 0.460 e. The maximum absolute atomic E-state index is 12.7. The van der Waals surface area contributed by atoms with E-state index in [9.17, 15) is 48.3 Å². The Labute approximate surface area is 102 Å². The summed E-state index contributed by atoms with van der Waals surface area (Å²) in [5.41, 5.74) is 4.02. The number of hydrazone groups is 1. The Balaban J connectivity index is 6.07. The molecule has 0 aromatic carbocycles. The zero-order valence-electron chi connectivity index (χ0n) is 8.76. The molecule has 3 nitrogen and oxygen atoms in total. The first kappa shape index (κ1) is 18.5. The van der Waals surface area contributed by atoms with E-state index in [4.69, 9.17) is 0 Å². The molecule has 0 aromatic heterocycles. The summed E-state index contributed by atoms with van der Waals surface area (Å²) < 4.78 is 136. The second-order valence-corrected chi connectivity index (χ2v) is 3.31. The topological polar surface area (TPSA) is 64.4 Å². The molecule has 0 heterocycles. The SMILES string of the molecule is NN=C(N)C(F)(F)C(F)(F)C(F)(F)C(F)(F)C(F)(F)F. The highest BCUT2D eigenvalue weighted by Gasteiger charge is 2.87. The van der Waals surface area contributed by atoms with E-state index in [1.165, 1.54) is 0 Å². The third kappa shape index (κ3) is 2.19. The van der Waals surface area contributed by atoms with E-state index >= 15 is 0 Å². The monoisotopic (exact) mass is 327 g/mol. The van der Waals surface area contributed by atoms with Crippen molar-refractivity contribution in [3.8, 4) is 0 Å². The normalized spacial score (nSPS) is 16.4. The van der Waals surface area contributed by atoms with Gasteiger partial charge in [0, 0.05) is 0 Å². The summed E-state index contributed by atoms with van der Waals surface area (Å²) >= 11 is 0. The number of hydrogen-bond donors (Lipinski definition) is 2. The third-order valence-electron chi connectivity index (χ3n) is 2.00. The van der Waals surface area contributed by atoms with Gasteiger partial charge in [0.2, 0.25) is 0 Å². The van der Waals surface area contributed by atoms with Crippen LogP contribution in [-0.4, -0.2) is 35.7 Å². The van der Waals surface area contributed by atoms with E-state index < -0.39 is 35.7 Å². The molecule has 0 aliphatic rings. The average Bonchev–Trinajstić information content (AvgIpc) is 2.25. The Morgan fingerprint density at radius 1 is 0.650 bits per heavy atom. The van der Waals surface area contributed by atoms with E-state index in [0.717, 1.165) is 0 Å². The lowest BCUT2D eigenvalue weighted by atomic mass is 9.97. The van der Waals surface area contributed by atoms with Crippen molar-refractivity contribution in [2.45, 2.75) is 29.9 Å². The van der Waals surface area contributed by atoms with Crippen LogP contribution in [0.5, 0.6) is 0 Å². The average molecular weight is 327 g/mol. The van der Waals surface area contributed by atoms with Gasteiger partial charge in [-0.25, -0.2) is 0 Å². The molecule has 0 atom stereocenters. The lowest BCUT2D eigenvalue weighted by molar-refractivity contribution is -0.414. The van der Waals surface area contributed by atoms with Gasteiger partial charge in [0.15, 0.2) is 5.84 Å². The predicted octanol–water partition coefficient (Wildman–Crippen LogP) is 2.32. The number of halogens is 11. The zero-order valence-corrected chi connectivity index (χ0v) is 8.76. The van der Waals surface area contributed by atoms with Gasteiger partial charge in [-0.05, 0) is 0 Å². The smallest absolute Gasteiger partial charge is 0.380 e. The Bertz CT molecular complexity index is 395. The number of rotatable bonds is 4. The Kier molecular flexibility index (Phi) is 4.17. The highest BCUT2D eigenvalue weighted by molar-refractivity contribution is 5.88. The summed E-state index contributed by atoms with van der Waals surface area (Å²) in [6.45, 7) is 0. The van der Waals surface area contributed by atoms with Crippen molar-refractivity contribution < 1.29 is 48.3 Å². The van der Waals surface area contributed by atoms with E-state index in [-0.39, 0.29) is 0 Å². The van der Waals surface area contributed by atoms with Crippen LogP contribution in [0.4, 0.5) is 48.3 Å². The molecule has 120 valence electrons. The zero-order chi connectivity index (χ0) is 16.8. The predicted molar refractivity (Wildman–Crippen MR) is 41.7 cm³/mol. The fourth-order valence-corrected chi connectivity index (χ4v) is 0.814. The van der Waals surface area contributed by atoms with E-state index in [0.29, 0.717) is 0 Å². The fourth-order valence-electron chi connectivity index (χ4n) is 0.814. The first-order valence-corrected chi connectivity index (χ1v) is 4.10. The molecule has 0 spiro atoms. The van der Waals surface area contributed by atoms with Gasteiger partial charge in [0.05, 0.1) is 0 Å². The minimum atomic E-state index is -7.52. The second-order valence-electron chi connectivity index (χ2n) is 3.31. The minimum absolute atomic E-state index is 1.69. The second kappa shape index (κ2) is 4.51. The van der Waals surface area contributed by atoms with Gasteiger partial charge in [-0.15, -0.1) is 0 Å². The van der Waals surface area contributed by atoms with Crippen LogP contribution in [0.1, 0.15) is 0 Å². The summed E-state index contributed by atoms with van der Waals surface area (Å²) in [7, 11) is 0. The highest BCUT2D eigenvalue weighted by Crippen LogP contribution is 2.57. The van der Waals surface area contributed by atoms with Crippen LogP contribution in [0.3, 0.4) is 0 Å². The molecule has 0 rings (SSSR count). The Morgan fingerprint density at radius 3 is 1.25 bits per heavy atom. The van der Waals surface area contributed by atoms with Gasteiger partial charge in [-0.2, -0.15) is 53.4 Å². The number of hydrogen-bond acceptors (Lipinski definition) is 2. The summed E-state index contributed by atoms with van der Waals surface area (Å²) in [5, 5.41) is 1.69. The van der Waals surface area contributed by atoms with Gasteiger partial charge >= 0.3 is 29.9 Å². The number of amidine groups is 1. The van der Waals surface area contributed by atoms with Crippen LogP contribution in [0.15, 0.2) is 5.10 Å². The molecule has 0 aromatic rings. The van der Waals surface area contributed by atoms with Crippen LogP contribution in [0.2, 0.25) is 0 Å². The summed E-state index contributed by atoms with van der Waals surface area (Å²) in [4.78, 5) is 0. The molecule has 0 saturated carbocycles. The number of nitrogens with zero attached hydrogens (tertiary/aromatic N) is 1. The van der Waals surface area contributed by atoms with Gasteiger partial charge in [-0.3, -0.25) is 0 Å². The van der Waals surface area contributed by atoms with Crippen LogP contribution in [0, 0.1) is 0 Å². The molecule has 0 bridgehead atoms. The van der Waals surface area contributed by atoms with Crippen molar-refractivity contribution in [3.63, 3.8) is 0 Å². The van der Waals surface area contributed by atoms with Crippen LogP contribution >= 0.6 is 0 Å². The summed E-state index contributed by atoms with van der Waals surface area (Å²) in [6, 6.07) is 0. The molecule has 4 N–H and O–H groups in total. The van der Waals surface area contributed by atoms with Crippen LogP contribution < -0.4 is 11.6 Å². The van der Waals surface area contributed by atoms with Crippen molar-refractivity contribution >= 4 is 5.84 Å². The van der Waals surface area contributed by atoms with Crippen molar-refractivity contribution in [2.24, 2.45) is 16.7 Å².